The van der Waals surface area contributed by atoms with Gasteiger partial charge in [0.25, 0.3) is 0 Å². The SMILES string of the molecule is N#CCCNS(=O)(=O)CCc1ccccn1. The van der Waals surface area contributed by atoms with Crippen molar-refractivity contribution in [2.45, 2.75) is 12.8 Å². The summed E-state index contributed by atoms with van der Waals surface area (Å²) in [6, 6.07) is 7.26. The zero-order valence-corrected chi connectivity index (χ0v) is 9.57. The van der Waals surface area contributed by atoms with Gasteiger partial charge in [-0.1, -0.05) is 6.07 Å². The Morgan fingerprint density at radius 3 is 2.88 bits per heavy atom. The van der Waals surface area contributed by atoms with Gasteiger partial charge in [0.1, 0.15) is 0 Å². The zero-order valence-electron chi connectivity index (χ0n) is 8.76. The third-order valence-electron chi connectivity index (χ3n) is 1.91. The van der Waals surface area contributed by atoms with Gasteiger partial charge in [0.2, 0.25) is 10.0 Å². The van der Waals surface area contributed by atoms with Crippen LogP contribution in [0.4, 0.5) is 0 Å². The van der Waals surface area contributed by atoms with Gasteiger partial charge >= 0.3 is 0 Å². The molecule has 0 aliphatic carbocycles. The van der Waals surface area contributed by atoms with E-state index in [0.29, 0.717) is 6.42 Å². The zero-order chi connectivity index (χ0) is 11.9. The predicted octanol–water partition coefficient (Wildman–Crippen LogP) is 0.457. The Labute approximate surface area is 95.2 Å². The van der Waals surface area contributed by atoms with Crippen molar-refractivity contribution < 1.29 is 8.42 Å². The van der Waals surface area contributed by atoms with Crippen LogP contribution in [0.3, 0.4) is 0 Å². The first-order chi connectivity index (χ1) is 7.64. The van der Waals surface area contributed by atoms with Gasteiger partial charge in [0.15, 0.2) is 0 Å². The Hall–Kier alpha value is -1.45. The van der Waals surface area contributed by atoms with Crippen LogP contribution in [-0.4, -0.2) is 25.7 Å². The van der Waals surface area contributed by atoms with Gasteiger partial charge in [-0.15, -0.1) is 0 Å². The second-order valence-electron chi connectivity index (χ2n) is 3.19. The largest absolute Gasteiger partial charge is 0.261 e. The molecule has 86 valence electrons. The second kappa shape index (κ2) is 6.20. The van der Waals surface area contributed by atoms with E-state index < -0.39 is 10.0 Å². The van der Waals surface area contributed by atoms with E-state index in [1.54, 1.807) is 18.3 Å². The monoisotopic (exact) mass is 239 g/mol. The maximum absolute atomic E-state index is 11.4. The summed E-state index contributed by atoms with van der Waals surface area (Å²) in [6.45, 7) is 0.168. The summed E-state index contributed by atoms with van der Waals surface area (Å²) < 4.78 is 25.2. The number of pyridine rings is 1. The minimum atomic E-state index is -3.29. The minimum absolute atomic E-state index is 0.00452. The van der Waals surface area contributed by atoms with E-state index in [0.717, 1.165) is 5.69 Å². The predicted molar refractivity (Wildman–Crippen MR) is 60.0 cm³/mol. The molecule has 0 atom stereocenters. The molecule has 16 heavy (non-hydrogen) atoms. The quantitative estimate of drug-likeness (QED) is 0.731. The molecule has 0 spiro atoms. The Bertz CT molecular complexity index is 451. The maximum Gasteiger partial charge on any atom is 0.212 e. The lowest BCUT2D eigenvalue weighted by Gasteiger charge is -2.04. The maximum atomic E-state index is 11.4. The molecule has 1 aromatic rings. The van der Waals surface area contributed by atoms with Gasteiger partial charge in [0.05, 0.1) is 11.8 Å². The summed E-state index contributed by atoms with van der Waals surface area (Å²) in [5.74, 6) is -0.00452. The van der Waals surface area contributed by atoms with Gasteiger partial charge in [0, 0.05) is 31.3 Å². The average molecular weight is 239 g/mol. The number of hydrogen-bond acceptors (Lipinski definition) is 4. The molecule has 1 aromatic heterocycles. The smallest absolute Gasteiger partial charge is 0.212 e. The molecule has 1 rings (SSSR count). The molecule has 0 saturated heterocycles. The van der Waals surface area contributed by atoms with Gasteiger partial charge in [-0.3, -0.25) is 4.98 Å². The lowest BCUT2D eigenvalue weighted by molar-refractivity contribution is 0.581. The van der Waals surface area contributed by atoms with E-state index in [1.807, 2.05) is 12.1 Å². The standard InChI is InChI=1S/C10H13N3O2S/c11-6-3-8-13-16(14,15)9-5-10-4-1-2-7-12-10/h1-2,4,7,13H,3,5,8-9H2. The molecule has 0 amide bonds. The summed E-state index contributed by atoms with van der Waals surface area (Å²) in [6.07, 6.45) is 2.19. The van der Waals surface area contributed by atoms with Gasteiger partial charge in [-0.05, 0) is 12.1 Å². The molecular formula is C10H13N3O2S. The van der Waals surface area contributed by atoms with Crippen LogP contribution in [0, 0.1) is 11.3 Å². The van der Waals surface area contributed by atoms with E-state index in [-0.39, 0.29) is 18.7 Å². The third kappa shape index (κ3) is 4.87. The fourth-order valence-corrected chi connectivity index (χ4v) is 2.15. The van der Waals surface area contributed by atoms with Crippen molar-refractivity contribution in [1.29, 1.82) is 5.26 Å². The Morgan fingerprint density at radius 1 is 1.44 bits per heavy atom. The van der Waals surface area contributed by atoms with E-state index >= 15 is 0 Å². The fourth-order valence-electron chi connectivity index (χ4n) is 1.12. The van der Waals surface area contributed by atoms with E-state index in [1.165, 1.54) is 0 Å². The molecule has 0 saturated carbocycles. The second-order valence-corrected chi connectivity index (χ2v) is 5.12. The van der Waals surface area contributed by atoms with Crippen molar-refractivity contribution in [2.75, 3.05) is 12.3 Å². The van der Waals surface area contributed by atoms with Crippen molar-refractivity contribution in [3.8, 4) is 6.07 Å². The highest BCUT2D eigenvalue weighted by Crippen LogP contribution is 1.97. The van der Waals surface area contributed by atoms with Crippen molar-refractivity contribution in [3.05, 3.63) is 30.1 Å². The van der Waals surface area contributed by atoms with Gasteiger partial charge < -0.3 is 0 Å². The number of hydrogen-bond donors (Lipinski definition) is 1. The van der Waals surface area contributed by atoms with Crippen molar-refractivity contribution in [2.24, 2.45) is 0 Å². The molecule has 0 unspecified atom stereocenters. The number of nitriles is 1. The highest BCUT2D eigenvalue weighted by atomic mass is 32.2. The van der Waals surface area contributed by atoms with E-state index in [2.05, 4.69) is 9.71 Å². The van der Waals surface area contributed by atoms with Crippen LogP contribution < -0.4 is 4.72 Å². The molecule has 0 radical (unpaired) electrons. The Balaban J connectivity index is 2.40. The number of nitrogens with one attached hydrogen (secondary N) is 1. The van der Waals surface area contributed by atoms with Crippen molar-refractivity contribution in [3.63, 3.8) is 0 Å². The summed E-state index contributed by atoms with van der Waals surface area (Å²) in [7, 11) is -3.29. The summed E-state index contributed by atoms with van der Waals surface area (Å²) >= 11 is 0. The molecule has 1 heterocycles. The first kappa shape index (κ1) is 12.6. The number of rotatable bonds is 6. The topological polar surface area (TPSA) is 82.9 Å². The molecule has 0 aromatic carbocycles. The Kier molecular flexibility index (Phi) is 4.89. The van der Waals surface area contributed by atoms with Crippen LogP contribution in [0.5, 0.6) is 0 Å². The Morgan fingerprint density at radius 2 is 2.25 bits per heavy atom. The van der Waals surface area contributed by atoms with Crippen LogP contribution in [0.1, 0.15) is 12.1 Å². The molecule has 0 aliphatic heterocycles. The lowest BCUT2D eigenvalue weighted by Crippen LogP contribution is -2.28. The van der Waals surface area contributed by atoms with Crippen LogP contribution in [0.15, 0.2) is 24.4 Å². The first-order valence-electron chi connectivity index (χ1n) is 4.88. The van der Waals surface area contributed by atoms with E-state index in [4.69, 9.17) is 5.26 Å². The molecule has 0 fully saturated rings. The summed E-state index contributed by atoms with van der Waals surface area (Å²) in [5.41, 5.74) is 0.744. The third-order valence-corrected chi connectivity index (χ3v) is 3.30. The molecule has 1 N–H and O–H groups in total. The van der Waals surface area contributed by atoms with Gasteiger partial charge in [-0.25, -0.2) is 13.1 Å². The molecule has 0 aliphatic rings. The number of sulfonamides is 1. The lowest BCUT2D eigenvalue weighted by atomic mass is 10.3. The van der Waals surface area contributed by atoms with Crippen LogP contribution >= 0.6 is 0 Å². The molecule has 5 nitrogen and oxygen atoms in total. The highest BCUT2D eigenvalue weighted by molar-refractivity contribution is 7.89. The number of aryl methyl sites for hydroxylation is 1. The summed E-state index contributed by atoms with van der Waals surface area (Å²) in [5, 5.41) is 8.28. The van der Waals surface area contributed by atoms with Crippen LogP contribution in [-0.2, 0) is 16.4 Å². The van der Waals surface area contributed by atoms with Crippen LogP contribution in [0.2, 0.25) is 0 Å². The van der Waals surface area contributed by atoms with Gasteiger partial charge in [-0.2, -0.15) is 5.26 Å². The highest BCUT2D eigenvalue weighted by Gasteiger charge is 2.09. The molecular weight excluding hydrogens is 226 g/mol. The minimum Gasteiger partial charge on any atom is -0.261 e. The van der Waals surface area contributed by atoms with Crippen molar-refractivity contribution in [1.82, 2.24) is 9.71 Å². The fraction of sp³-hybridized carbons (Fsp3) is 0.400. The van der Waals surface area contributed by atoms with E-state index in [9.17, 15) is 8.42 Å². The number of nitrogens with zero attached hydrogens (tertiary/aromatic N) is 2. The van der Waals surface area contributed by atoms with Crippen molar-refractivity contribution >= 4 is 10.0 Å². The average Bonchev–Trinajstić information content (AvgIpc) is 2.28. The van der Waals surface area contributed by atoms with Crippen LogP contribution in [0.25, 0.3) is 0 Å². The first-order valence-corrected chi connectivity index (χ1v) is 6.53. The molecule has 6 heteroatoms. The molecule has 0 bridgehead atoms. The summed E-state index contributed by atoms with van der Waals surface area (Å²) in [4.78, 5) is 4.03. The number of aromatic nitrogens is 1. The normalized spacial score (nSPS) is 10.9.